The zero-order valence-electron chi connectivity index (χ0n) is 42.2. The van der Waals surface area contributed by atoms with Crippen LogP contribution in [0.2, 0.25) is 24.2 Å². The molecule has 0 amide bonds. The Kier molecular flexibility index (Phi) is 52.7. The van der Waals surface area contributed by atoms with Crippen molar-refractivity contribution in [2.75, 3.05) is 129 Å². The van der Waals surface area contributed by atoms with Gasteiger partial charge in [-0.15, -0.1) is 23.2 Å². The van der Waals surface area contributed by atoms with Crippen LogP contribution in [0.15, 0.2) is 0 Å². The molecule has 0 radical (unpaired) electrons. The second-order valence-electron chi connectivity index (χ2n) is 13.7. The van der Waals surface area contributed by atoms with Gasteiger partial charge in [0.05, 0.1) is 0 Å². The van der Waals surface area contributed by atoms with Crippen molar-refractivity contribution in [3.05, 3.63) is 0 Å². The maximum Gasteiger partial charge on any atom is 0.500 e. The highest BCUT2D eigenvalue weighted by atomic mass is 79.9. The van der Waals surface area contributed by atoms with Gasteiger partial charge in [0.2, 0.25) is 0 Å². The van der Waals surface area contributed by atoms with Crippen LogP contribution in [0.3, 0.4) is 0 Å². The molecule has 0 heterocycles. The molecule has 0 aliphatic carbocycles. The lowest BCUT2D eigenvalue weighted by molar-refractivity contribution is 0.0684. The SMILES string of the molecule is CCO[Si](CCCN(CCCCl)CCC[Si](OCC)(OCC)OCC)(OCC)OCC.CCO[Si](CCCNCCC[Si](OCC)(OCC)OCC)(OCC)OCC.ClCCCBr. The van der Waals surface area contributed by atoms with Crippen LogP contribution < -0.4 is 5.32 Å². The minimum atomic E-state index is -2.59. The smallest absolute Gasteiger partial charge is 0.374 e. The molecule has 21 heteroatoms. The van der Waals surface area contributed by atoms with Crippen molar-refractivity contribution in [1.82, 2.24) is 10.2 Å². The molecular formula is C42H97BrCl2N2O12Si4. The van der Waals surface area contributed by atoms with Crippen molar-refractivity contribution < 1.29 is 53.1 Å². The van der Waals surface area contributed by atoms with E-state index in [9.17, 15) is 0 Å². The molecule has 0 aromatic heterocycles. The van der Waals surface area contributed by atoms with Crippen molar-refractivity contribution in [2.24, 2.45) is 0 Å². The largest absolute Gasteiger partial charge is 0.500 e. The number of rotatable bonds is 45. The fourth-order valence-corrected chi connectivity index (χ4v) is 18.0. The third-order valence-corrected chi connectivity index (χ3v) is 22.5. The van der Waals surface area contributed by atoms with Gasteiger partial charge in [0, 0.05) is 121 Å². The molecule has 0 unspecified atom stereocenters. The quantitative estimate of drug-likeness (QED) is 0.0353. The van der Waals surface area contributed by atoms with Gasteiger partial charge in [-0.1, -0.05) is 15.9 Å². The van der Waals surface area contributed by atoms with E-state index in [1.165, 1.54) is 0 Å². The fourth-order valence-electron chi connectivity index (χ4n) is 6.70. The van der Waals surface area contributed by atoms with Gasteiger partial charge < -0.3 is 63.3 Å². The van der Waals surface area contributed by atoms with Gasteiger partial charge in [-0.2, -0.15) is 0 Å². The summed E-state index contributed by atoms with van der Waals surface area (Å²) < 4.78 is 71.3. The number of alkyl halides is 3. The highest BCUT2D eigenvalue weighted by Crippen LogP contribution is 2.22. The Morgan fingerprint density at radius 3 is 0.762 bits per heavy atom. The zero-order valence-corrected chi connectivity index (χ0v) is 49.3. The summed E-state index contributed by atoms with van der Waals surface area (Å²) in [6, 6.07) is 3.33. The Bertz CT molecular complexity index is 813. The van der Waals surface area contributed by atoms with Crippen LogP contribution in [0.5, 0.6) is 0 Å². The summed E-state index contributed by atoms with van der Waals surface area (Å²) in [5, 5.41) is 4.52. The number of halogens is 3. The zero-order chi connectivity index (χ0) is 48.0. The van der Waals surface area contributed by atoms with E-state index in [4.69, 9.17) is 76.3 Å². The van der Waals surface area contributed by atoms with E-state index in [0.29, 0.717) is 85.2 Å². The molecule has 0 saturated heterocycles. The molecule has 0 aromatic carbocycles. The van der Waals surface area contributed by atoms with E-state index in [0.717, 1.165) is 107 Å². The Balaban J connectivity index is -0.00000104. The van der Waals surface area contributed by atoms with E-state index < -0.39 is 35.2 Å². The van der Waals surface area contributed by atoms with E-state index in [1.807, 2.05) is 83.1 Å². The van der Waals surface area contributed by atoms with Crippen LogP contribution in [0.4, 0.5) is 0 Å². The first-order chi connectivity index (χ1) is 30.5. The molecule has 384 valence electrons. The van der Waals surface area contributed by atoms with Crippen molar-refractivity contribution in [3.63, 3.8) is 0 Å². The first-order valence-electron chi connectivity index (χ1n) is 24.3. The van der Waals surface area contributed by atoms with Crippen molar-refractivity contribution >= 4 is 74.3 Å². The van der Waals surface area contributed by atoms with E-state index >= 15 is 0 Å². The maximum absolute atomic E-state index is 5.99. The van der Waals surface area contributed by atoms with Crippen LogP contribution in [-0.2, 0) is 53.1 Å². The number of nitrogens with zero attached hydrogens (tertiary/aromatic N) is 1. The van der Waals surface area contributed by atoms with E-state index in [2.05, 4.69) is 26.1 Å². The Morgan fingerprint density at radius 1 is 0.349 bits per heavy atom. The first-order valence-corrected chi connectivity index (χ1v) is 34.2. The Morgan fingerprint density at radius 2 is 0.571 bits per heavy atom. The summed E-state index contributed by atoms with van der Waals surface area (Å²) in [6.45, 7) is 36.1. The third kappa shape index (κ3) is 36.0. The number of nitrogens with one attached hydrogen (secondary N) is 1. The molecule has 0 aliphatic rings. The highest BCUT2D eigenvalue weighted by molar-refractivity contribution is 9.09. The minimum Gasteiger partial charge on any atom is -0.374 e. The molecule has 0 aliphatic heterocycles. The molecule has 0 spiro atoms. The predicted octanol–water partition coefficient (Wildman–Crippen LogP) is 10.3. The molecule has 0 rings (SSSR count). The second kappa shape index (κ2) is 48.4. The second-order valence-corrected chi connectivity index (χ2v) is 26.2. The van der Waals surface area contributed by atoms with Crippen LogP contribution in [-0.4, -0.2) is 169 Å². The lowest BCUT2D eigenvalue weighted by Gasteiger charge is -2.31. The summed E-state index contributed by atoms with van der Waals surface area (Å²) >= 11 is 14.5. The van der Waals surface area contributed by atoms with E-state index in [-0.39, 0.29) is 0 Å². The topological polar surface area (TPSA) is 126 Å². The Hall–Kier alpha value is 1.37. The van der Waals surface area contributed by atoms with Crippen LogP contribution >= 0.6 is 39.1 Å². The van der Waals surface area contributed by atoms with Gasteiger partial charge >= 0.3 is 35.2 Å². The lowest BCUT2D eigenvalue weighted by atomic mass is 10.3. The monoisotopic (exact) mass is 1080 g/mol. The van der Waals surface area contributed by atoms with Crippen molar-refractivity contribution in [2.45, 2.75) is 146 Å². The van der Waals surface area contributed by atoms with Crippen molar-refractivity contribution in [1.29, 1.82) is 0 Å². The number of hydrogen-bond acceptors (Lipinski definition) is 14. The van der Waals surface area contributed by atoms with Gasteiger partial charge in [-0.3, -0.25) is 0 Å². The summed E-state index contributed by atoms with van der Waals surface area (Å²) in [7, 11) is -10.2. The molecule has 0 fully saturated rings. The lowest BCUT2D eigenvalue weighted by Crippen LogP contribution is -2.47. The van der Waals surface area contributed by atoms with Gasteiger partial charge in [0.15, 0.2) is 0 Å². The van der Waals surface area contributed by atoms with E-state index in [1.54, 1.807) is 0 Å². The molecule has 14 nitrogen and oxygen atoms in total. The van der Waals surface area contributed by atoms with Crippen LogP contribution in [0.25, 0.3) is 0 Å². The normalized spacial score (nSPS) is 12.4. The first kappa shape index (κ1) is 68.6. The molecule has 63 heavy (non-hydrogen) atoms. The number of hydrogen-bond donors (Lipinski definition) is 1. The van der Waals surface area contributed by atoms with Crippen LogP contribution in [0, 0.1) is 0 Å². The molecule has 0 saturated carbocycles. The maximum atomic E-state index is 5.99. The summed E-state index contributed by atoms with van der Waals surface area (Å²) in [5.41, 5.74) is 0. The van der Waals surface area contributed by atoms with Gasteiger partial charge in [-0.25, -0.2) is 0 Å². The predicted molar refractivity (Wildman–Crippen MR) is 274 cm³/mol. The van der Waals surface area contributed by atoms with Gasteiger partial charge in [-0.05, 0) is 154 Å². The fraction of sp³-hybridized carbons (Fsp3) is 1.00. The highest BCUT2D eigenvalue weighted by Gasteiger charge is 2.42. The Labute approximate surface area is 410 Å². The molecule has 0 aromatic rings. The standard InChI is InChI=1S/C21H48ClNO6Si2.C18H43NO6Si2.C3H6BrCl/c1-7-24-30(25-8-2,26-9-3)20-14-18-23(17-13-16-22)19-15-21-31(27-10-4,28-11-5)29-12-6;1-7-20-26(21-8-2,22-9-3)17-13-15-19-16-14-18-27(23-10-4,24-11-5)25-12-6;4-2-1-3-5/h7-21H2,1-6H3;19H,7-18H2,1-6H3;1-3H2. The molecular weight excluding hydrogens is 988 g/mol. The van der Waals surface area contributed by atoms with Gasteiger partial charge in [0.25, 0.3) is 0 Å². The van der Waals surface area contributed by atoms with Crippen molar-refractivity contribution in [3.8, 4) is 0 Å². The third-order valence-electron chi connectivity index (χ3n) is 8.83. The molecule has 0 bridgehead atoms. The molecule has 1 N–H and O–H groups in total. The minimum absolute atomic E-state index is 0.612. The molecule has 0 atom stereocenters. The average molecular weight is 1090 g/mol. The summed E-state index contributed by atoms with van der Waals surface area (Å²) in [6.07, 6.45) is 5.92. The average Bonchev–Trinajstić information content (AvgIpc) is 3.24. The summed E-state index contributed by atoms with van der Waals surface area (Å²) in [5.74, 6) is 1.44. The van der Waals surface area contributed by atoms with Gasteiger partial charge in [0.1, 0.15) is 0 Å². The summed E-state index contributed by atoms with van der Waals surface area (Å²) in [4.78, 5) is 2.47. The van der Waals surface area contributed by atoms with Crippen LogP contribution in [0.1, 0.15) is 122 Å².